The second-order valence-corrected chi connectivity index (χ2v) is 16.7. The molecule has 10 atom stereocenters. The number of phenolic OH excluding ortho intramolecular Hbond substituents is 1. The Bertz CT molecular complexity index is 1680. The van der Waals surface area contributed by atoms with Gasteiger partial charge in [-0.2, -0.15) is 0 Å². The number of hydrogen-bond donors (Lipinski definition) is 7. The lowest BCUT2D eigenvalue weighted by Gasteiger charge is -2.41. The Hall–Kier alpha value is -3.84. The van der Waals surface area contributed by atoms with Gasteiger partial charge in [-0.05, 0) is 79.3 Å². The predicted octanol–water partition coefficient (Wildman–Crippen LogP) is 1.45. The number of rotatable bonds is 13. The summed E-state index contributed by atoms with van der Waals surface area (Å²) in [5.74, 6) is -5.09. The number of benzene rings is 1. The summed E-state index contributed by atoms with van der Waals surface area (Å²) < 4.78 is 27.2. The van der Waals surface area contributed by atoms with Crippen LogP contribution in [0, 0.1) is 24.7 Å². The van der Waals surface area contributed by atoms with Crippen molar-refractivity contribution in [3.05, 3.63) is 33.9 Å². The van der Waals surface area contributed by atoms with E-state index in [1.165, 1.54) is 34.8 Å². The van der Waals surface area contributed by atoms with Crippen molar-refractivity contribution in [2.45, 2.75) is 129 Å². The molecule has 2 aliphatic rings. The smallest absolute Gasteiger partial charge is 0.342 e. The van der Waals surface area contributed by atoms with Crippen LogP contribution in [0.1, 0.15) is 94.8 Å². The summed E-state index contributed by atoms with van der Waals surface area (Å²) in [7, 11) is 3.20. The van der Waals surface area contributed by atoms with E-state index >= 15 is 0 Å². The highest BCUT2D eigenvalue weighted by Crippen LogP contribution is 2.42. The third kappa shape index (κ3) is 12.1. The average Bonchev–Trinajstić information content (AvgIpc) is 3.57. The normalized spacial score (nSPS) is 31.3. The first-order valence-electron chi connectivity index (χ1n) is 20.1. The van der Waals surface area contributed by atoms with Crippen molar-refractivity contribution >= 4 is 23.9 Å². The van der Waals surface area contributed by atoms with Crippen LogP contribution < -0.4 is 10.1 Å². The van der Waals surface area contributed by atoms with Gasteiger partial charge in [0.1, 0.15) is 48.1 Å². The minimum absolute atomic E-state index is 0.0583. The molecular weight excluding hydrogens is 772 g/mol. The summed E-state index contributed by atoms with van der Waals surface area (Å²) in [6.07, 6.45) is -3.24. The van der Waals surface area contributed by atoms with Crippen molar-refractivity contribution < 1.29 is 73.5 Å². The largest absolute Gasteiger partial charge is 0.507 e. The zero-order chi connectivity index (χ0) is 44.6. The Morgan fingerprint density at radius 3 is 2.34 bits per heavy atom. The lowest BCUT2D eigenvalue weighted by Crippen LogP contribution is -2.60. The van der Waals surface area contributed by atoms with E-state index in [4.69, 9.17) is 23.7 Å². The van der Waals surface area contributed by atoms with Gasteiger partial charge in [-0.1, -0.05) is 25.5 Å². The molecule has 3 rings (SSSR count). The monoisotopic (exact) mass is 838 g/mol. The fraction of sp³-hybridized carbons (Fsp3) is 0.714. The molecule has 1 aromatic carbocycles. The third-order valence-electron chi connectivity index (χ3n) is 11.8. The first kappa shape index (κ1) is 49.5. The molecule has 0 spiro atoms. The van der Waals surface area contributed by atoms with Crippen LogP contribution in [0.5, 0.6) is 11.5 Å². The van der Waals surface area contributed by atoms with E-state index < -0.39 is 84.0 Å². The van der Waals surface area contributed by atoms with E-state index in [9.17, 15) is 49.8 Å². The van der Waals surface area contributed by atoms with Crippen LogP contribution in [-0.2, 0) is 46.4 Å². The standard InChI is InChI=1S/C42H66N2O15/c1-22(11-13-28-34(48)33-29(21-57-40(33)52)24(3)36(28)55-10)12-14-31(46)56-16-15-43-18-32(47)59-35-25(4)37(49)41(7,53)17-23(2)19-44(9)27(6)38(50)42(8,54)30(20-45)58-39(51)26(35)5/h11,23,25-27,30,35,37-38,43,45,48-50,53-54H,12-21H2,1-10H3/b22-11+/t23-,25+,26-,27-,30-,35+,37-,38-,41-,42-/m1/s1. The number of fused-ring (bicyclic) bond motifs is 1. The Labute approximate surface area is 346 Å². The van der Waals surface area contributed by atoms with Gasteiger partial charge in [0.15, 0.2) is 6.10 Å². The molecule has 1 fully saturated rings. The van der Waals surface area contributed by atoms with Crippen LogP contribution in [0.25, 0.3) is 0 Å². The number of nitrogens with zero attached hydrogens (tertiary/aromatic N) is 1. The van der Waals surface area contributed by atoms with Crippen molar-refractivity contribution in [3.8, 4) is 11.5 Å². The van der Waals surface area contributed by atoms with Crippen molar-refractivity contribution in [2.75, 3.05) is 47.0 Å². The van der Waals surface area contributed by atoms with Crippen molar-refractivity contribution in [3.63, 3.8) is 0 Å². The molecule has 0 aromatic heterocycles. The fourth-order valence-corrected chi connectivity index (χ4v) is 8.00. The van der Waals surface area contributed by atoms with Gasteiger partial charge < -0.3 is 64.5 Å². The van der Waals surface area contributed by atoms with E-state index in [2.05, 4.69) is 5.32 Å². The van der Waals surface area contributed by atoms with Crippen molar-refractivity contribution in [2.24, 2.45) is 17.8 Å². The molecule has 0 amide bonds. The van der Waals surface area contributed by atoms with Crippen LogP contribution in [0.3, 0.4) is 0 Å². The minimum atomic E-state index is -2.09. The number of nitrogens with one attached hydrogen (secondary N) is 1. The highest BCUT2D eigenvalue weighted by atomic mass is 16.6. The molecule has 2 heterocycles. The Kier molecular flexibility index (Phi) is 17.7. The van der Waals surface area contributed by atoms with E-state index in [0.717, 1.165) is 5.57 Å². The molecule has 2 aliphatic heterocycles. The highest BCUT2D eigenvalue weighted by Gasteiger charge is 2.48. The number of allylic oxidation sites excluding steroid dienone is 2. The molecule has 0 bridgehead atoms. The Morgan fingerprint density at radius 2 is 1.71 bits per heavy atom. The molecule has 1 saturated heterocycles. The van der Waals surface area contributed by atoms with Crippen LogP contribution in [0.2, 0.25) is 0 Å². The minimum Gasteiger partial charge on any atom is -0.507 e. The van der Waals surface area contributed by atoms with Crippen LogP contribution >= 0.6 is 0 Å². The number of ether oxygens (including phenoxy) is 5. The summed E-state index contributed by atoms with van der Waals surface area (Å²) in [4.78, 5) is 53.1. The van der Waals surface area contributed by atoms with Crippen LogP contribution in [0.4, 0.5) is 0 Å². The maximum absolute atomic E-state index is 13.5. The summed E-state index contributed by atoms with van der Waals surface area (Å²) in [5.41, 5.74) is -1.06. The predicted molar refractivity (Wildman–Crippen MR) is 213 cm³/mol. The lowest BCUT2D eigenvalue weighted by molar-refractivity contribution is -0.200. The fourth-order valence-electron chi connectivity index (χ4n) is 8.00. The SMILES string of the molecule is COc1c(C)c2c(c(O)c1C/C=C(\C)CCC(=O)OCCNCC(=O)O[C@H]1[C@H](C)[C@@H](O)[C@](C)(O)C[C@@H](C)CN(C)[C@H](C)[C@@H](O)[C@](C)(O)[C@@H](CO)OC(=O)[C@@H]1C)C(=O)OC2. The van der Waals surface area contributed by atoms with E-state index in [-0.39, 0.29) is 62.8 Å². The van der Waals surface area contributed by atoms with E-state index in [1.54, 1.807) is 25.8 Å². The number of esters is 4. The number of phenols is 1. The van der Waals surface area contributed by atoms with E-state index in [0.29, 0.717) is 35.4 Å². The molecule has 17 heteroatoms. The number of carbonyl (C=O) groups is 4. The number of carbonyl (C=O) groups excluding carboxylic acids is 4. The number of hydrogen-bond acceptors (Lipinski definition) is 17. The van der Waals surface area contributed by atoms with Gasteiger partial charge >= 0.3 is 23.9 Å². The molecular formula is C42H66N2O15. The molecule has 7 N–H and O–H groups in total. The molecule has 0 aliphatic carbocycles. The van der Waals surface area contributed by atoms with Gasteiger partial charge in [-0.15, -0.1) is 0 Å². The number of methoxy groups -OCH3 is 1. The second-order valence-electron chi connectivity index (χ2n) is 16.7. The summed E-state index contributed by atoms with van der Waals surface area (Å²) in [6.45, 7) is 12.0. The molecule has 0 unspecified atom stereocenters. The van der Waals surface area contributed by atoms with Gasteiger partial charge in [-0.3, -0.25) is 14.4 Å². The third-order valence-corrected chi connectivity index (χ3v) is 11.8. The van der Waals surface area contributed by atoms with Crippen molar-refractivity contribution in [1.29, 1.82) is 0 Å². The Morgan fingerprint density at radius 1 is 1.05 bits per heavy atom. The van der Waals surface area contributed by atoms with Crippen LogP contribution in [-0.4, -0.2) is 148 Å². The van der Waals surface area contributed by atoms with Gasteiger partial charge in [0.25, 0.3) is 0 Å². The molecule has 17 nitrogen and oxygen atoms in total. The number of aromatic hydroxyl groups is 1. The quantitative estimate of drug-likeness (QED) is 0.0643. The molecule has 0 radical (unpaired) electrons. The number of likely N-dealkylation sites (N-methyl/N-ethyl adjacent to an activating group) is 1. The highest BCUT2D eigenvalue weighted by molar-refractivity contribution is 5.98. The average molecular weight is 839 g/mol. The zero-order valence-electron chi connectivity index (χ0n) is 36.1. The molecule has 0 saturated carbocycles. The maximum Gasteiger partial charge on any atom is 0.342 e. The van der Waals surface area contributed by atoms with Gasteiger partial charge in [-0.25, -0.2) is 4.79 Å². The molecule has 1 aromatic rings. The molecule has 334 valence electrons. The van der Waals surface area contributed by atoms with Gasteiger partial charge in [0.2, 0.25) is 0 Å². The Balaban J connectivity index is 1.59. The van der Waals surface area contributed by atoms with Crippen LogP contribution in [0.15, 0.2) is 11.6 Å². The molecule has 59 heavy (non-hydrogen) atoms. The number of aliphatic hydroxyl groups excluding tert-OH is 3. The first-order valence-corrected chi connectivity index (χ1v) is 20.1. The maximum atomic E-state index is 13.5. The number of aliphatic hydroxyl groups is 5. The topological polar surface area (TPSA) is 251 Å². The summed E-state index contributed by atoms with van der Waals surface area (Å²) in [6, 6.07) is -0.669. The first-order chi connectivity index (χ1) is 27.5. The van der Waals surface area contributed by atoms with E-state index in [1.807, 2.05) is 19.9 Å². The lowest BCUT2D eigenvalue weighted by atomic mass is 9.78. The van der Waals surface area contributed by atoms with Crippen molar-refractivity contribution in [1.82, 2.24) is 10.2 Å². The van der Waals surface area contributed by atoms with Gasteiger partial charge in [0, 0.05) is 42.6 Å². The summed E-state index contributed by atoms with van der Waals surface area (Å²) >= 11 is 0. The summed E-state index contributed by atoms with van der Waals surface area (Å²) in [5, 5.41) is 69.1. The second kappa shape index (κ2) is 21.1. The van der Waals surface area contributed by atoms with Gasteiger partial charge in [0.05, 0.1) is 37.9 Å². The number of cyclic esters (lactones) is 2. The zero-order valence-corrected chi connectivity index (χ0v) is 36.1.